The Bertz CT molecular complexity index is 2450. The van der Waals surface area contributed by atoms with Crippen LogP contribution in [0.25, 0.3) is 90.9 Å². The van der Waals surface area contributed by atoms with Gasteiger partial charge < -0.3 is 9.97 Å². The van der Waals surface area contributed by atoms with Crippen LogP contribution in [0.1, 0.15) is 22.8 Å². The van der Waals surface area contributed by atoms with Gasteiger partial charge in [-0.15, -0.1) is 22.1 Å². The predicted octanol–water partition coefficient (Wildman–Crippen LogP) is 8.23. The molecule has 9 rings (SSSR count). The van der Waals surface area contributed by atoms with E-state index in [-0.39, 0.29) is 17.1 Å². The number of aryl methyl sites for hydroxylation is 2. The molecule has 0 spiro atoms. The van der Waals surface area contributed by atoms with E-state index >= 15 is 0 Å². The van der Waals surface area contributed by atoms with E-state index in [0.29, 0.717) is 0 Å². The molecule has 7 aromatic rings. The van der Waals surface area contributed by atoms with E-state index in [2.05, 4.69) is 146 Å². The Morgan fingerprint density at radius 1 is 0.373 bits per heavy atom. The van der Waals surface area contributed by atoms with Crippen LogP contribution in [0.2, 0.25) is 0 Å². The number of nitrogens with zero attached hydrogens (tertiary/aromatic N) is 6. The second-order valence-electron chi connectivity index (χ2n) is 12.6. The zero-order valence-electron chi connectivity index (χ0n) is 28.0. The van der Waals surface area contributed by atoms with Crippen molar-refractivity contribution < 1.29 is 26.2 Å². The quantitative estimate of drug-likeness (QED) is 0.137. The SMILES string of the molecule is C[n+]1ccc(-c2c3nc(c(-c4ccccc4)c4ccc([n-]4)c(-c4ccccc4)c4nc(c(-c5cc[n+](C)cc5)c5ccc2[n-]5)C=C4)C=C3)cc1.[Cu+2]. The molecule has 0 fully saturated rings. The van der Waals surface area contributed by atoms with Crippen molar-refractivity contribution in [3.63, 3.8) is 0 Å². The normalized spacial score (nSPS) is 11.8. The molecular formula is C44H32CuN6+2. The number of aromatic nitrogens is 6. The van der Waals surface area contributed by atoms with E-state index in [1.807, 2.05) is 35.4 Å². The third-order valence-electron chi connectivity index (χ3n) is 9.27. The van der Waals surface area contributed by atoms with Crippen LogP contribution < -0.4 is 19.1 Å². The topological polar surface area (TPSA) is 61.7 Å². The van der Waals surface area contributed by atoms with Crippen molar-refractivity contribution in [3.8, 4) is 44.5 Å². The third-order valence-corrected chi connectivity index (χ3v) is 9.27. The zero-order valence-corrected chi connectivity index (χ0v) is 28.9. The number of hydrogen-bond acceptors (Lipinski definition) is 2. The van der Waals surface area contributed by atoms with Crippen molar-refractivity contribution in [2.45, 2.75) is 0 Å². The Morgan fingerprint density at radius 3 is 0.941 bits per heavy atom. The summed E-state index contributed by atoms with van der Waals surface area (Å²) in [6.45, 7) is 0. The third kappa shape index (κ3) is 5.93. The van der Waals surface area contributed by atoms with Crippen molar-refractivity contribution >= 4 is 46.4 Å². The summed E-state index contributed by atoms with van der Waals surface area (Å²) >= 11 is 0. The maximum Gasteiger partial charge on any atom is 2.00 e. The smallest absolute Gasteiger partial charge is 0.657 e. The largest absolute Gasteiger partial charge is 2.00 e. The summed E-state index contributed by atoms with van der Waals surface area (Å²) in [6, 6.07) is 37.7. The molecule has 2 aliphatic heterocycles. The molecule has 7 heteroatoms. The molecule has 247 valence electrons. The van der Waals surface area contributed by atoms with Gasteiger partial charge in [-0.2, -0.15) is 0 Å². The molecule has 0 N–H and O–H groups in total. The Morgan fingerprint density at radius 2 is 0.647 bits per heavy atom. The fourth-order valence-electron chi connectivity index (χ4n) is 6.82. The number of pyridine rings is 2. The number of fused-ring (bicyclic) bond motifs is 8. The zero-order chi connectivity index (χ0) is 33.6. The van der Waals surface area contributed by atoms with Gasteiger partial charge in [0.25, 0.3) is 0 Å². The van der Waals surface area contributed by atoms with Crippen LogP contribution in [-0.4, -0.2) is 9.97 Å². The van der Waals surface area contributed by atoms with Gasteiger partial charge in [0.1, 0.15) is 14.1 Å². The molecule has 2 aliphatic rings. The number of hydrogen-bond donors (Lipinski definition) is 0. The van der Waals surface area contributed by atoms with Crippen LogP contribution in [0.15, 0.2) is 134 Å². The summed E-state index contributed by atoms with van der Waals surface area (Å²) in [5, 5.41) is 0. The van der Waals surface area contributed by atoms with Gasteiger partial charge in [-0.1, -0.05) is 84.9 Å². The molecule has 2 aromatic carbocycles. The summed E-state index contributed by atoms with van der Waals surface area (Å²) in [6.07, 6.45) is 16.6. The second-order valence-corrected chi connectivity index (χ2v) is 12.6. The fourth-order valence-corrected chi connectivity index (χ4v) is 6.82. The maximum absolute atomic E-state index is 5.34. The average molecular weight is 708 g/mol. The molecular weight excluding hydrogens is 676 g/mol. The molecule has 6 nitrogen and oxygen atoms in total. The van der Waals surface area contributed by atoms with Gasteiger partial charge in [0.15, 0.2) is 24.8 Å². The Balaban J connectivity index is 0.00000374. The molecule has 8 bridgehead atoms. The Hall–Kier alpha value is -6.14. The van der Waals surface area contributed by atoms with E-state index in [9.17, 15) is 0 Å². The van der Waals surface area contributed by atoms with Gasteiger partial charge in [0.05, 0.1) is 22.8 Å². The molecule has 0 saturated heterocycles. The molecule has 0 atom stereocenters. The number of rotatable bonds is 4. The Labute approximate surface area is 306 Å². The van der Waals surface area contributed by atoms with Crippen LogP contribution in [0, 0.1) is 0 Å². The maximum atomic E-state index is 5.34. The summed E-state index contributed by atoms with van der Waals surface area (Å²) in [5.41, 5.74) is 14.9. The van der Waals surface area contributed by atoms with E-state index < -0.39 is 0 Å². The molecule has 0 amide bonds. The molecule has 7 heterocycles. The Kier molecular flexibility index (Phi) is 8.36. The van der Waals surface area contributed by atoms with E-state index in [4.69, 9.17) is 19.9 Å². The van der Waals surface area contributed by atoms with Crippen molar-refractivity contribution in [2.75, 3.05) is 0 Å². The predicted molar refractivity (Wildman–Crippen MR) is 201 cm³/mol. The first-order valence-electron chi connectivity index (χ1n) is 16.7. The number of benzene rings is 2. The summed E-state index contributed by atoms with van der Waals surface area (Å²) in [4.78, 5) is 21.3. The monoisotopic (exact) mass is 707 g/mol. The summed E-state index contributed by atoms with van der Waals surface area (Å²) < 4.78 is 4.07. The van der Waals surface area contributed by atoms with E-state index in [1.54, 1.807) is 0 Å². The van der Waals surface area contributed by atoms with E-state index in [0.717, 1.165) is 89.4 Å². The molecule has 0 aliphatic carbocycles. The minimum atomic E-state index is 0. The molecule has 51 heavy (non-hydrogen) atoms. The summed E-state index contributed by atoms with van der Waals surface area (Å²) in [5.74, 6) is 0. The van der Waals surface area contributed by atoms with Crippen LogP contribution >= 0.6 is 0 Å². The van der Waals surface area contributed by atoms with Gasteiger partial charge in [0, 0.05) is 24.3 Å². The molecule has 1 radical (unpaired) electrons. The molecule has 0 unspecified atom stereocenters. The summed E-state index contributed by atoms with van der Waals surface area (Å²) in [7, 11) is 4.05. The van der Waals surface area contributed by atoms with Crippen LogP contribution in [0.4, 0.5) is 0 Å². The first-order valence-corrected chi connectivity index (χ1v) is 16.7. The molecule has 0 saturated carbocycles. The average Bonchev–Trinajstić information content (AvgIpc) is 3.98. The van der Waals surface area contributed by atoms with Crippen LogP contribution in [0.5, 0.6) is 0 Å². The first kappa shape index (κ1) is 32.1. The van der Waals surface area contributed by atoms with Gasteiger partial charge in [0.2, 0.25) is 0 Å². The fraction of sp³-hybridized carbons (Fsp3) is 0.0455. The molecule has 5 aromatic heterocycles. The standard InChI is InChI=1S/C44H32N6.Cu/c1-49-25-21-31(22-26-49)43-37-17-15-35(46-37)41(29-9-5-3-6-10-29)33-13-14-34(45-33)42(30-11-7-4-8-12-30)36-16-18-38(47-36)44(40-20-19-39(43)48-40)32-23-27-50(2)28-24-32;/h3-28H,1-2H3;/q;+2. The van der Waals surface area contributed by atoms with Crippen molar-refractivity contribution in [2.24, 2.45) is 14.1 Å². The first-order chi connectivity index (χ1) is 24.6. The second kappa shape index (κ2) is 13.3. The van der Waals surface area contributed by atoms with E-state index in [1.165, 1.54) is 0 Å². The van der Waals surface area contributed by atoms with Crippen molar-refractivity contribution in [1.82, 2.24) is 19.9 Å². The minimum Gasteiger partial charge on any atom is -0.657 e. The van der Waals surface area contributed by atoms with Crippen LogP contribution in [-0.2, 0) is 31.2 Å². The van der Waals surface area contributed by atoms with Crippen molar-refractivity contribution in [1.29, 1.82) is 0 Å². The van der Waals surface area contributed by atoms with Gasteiger partial charge in [-0.05, 0) is 68.8 Å². The minimum absolute atomic E-state index is 0. The van der Waals surface area contributed by atoms with Gasteiger partial charge in [-0.25, -0.2) is 19.1 Å². The van der Waals surface area contributed by atoms with Crippen molar-refractivity contribution in [3.05, 3.63) is 157 Å². The van der Waals surface area contributed by atoms with Crippen LogP contribution in [0.3, 0.4) is 0 Å². The van der Waals surface area contributed by atoms with Gasteiger partial charge >= 0.3 is 17.1 Å². The van der Waals surface area contributed by atoms with Gasteiger partial charge in [-0.3, -0.25) is 0 Å².